The molecule has 23 heavy (non-hydrogen) atoms. The van der Waals surface area contributed by atoms with Gasteiger partial charge in [-0.3, -0.25) is 0 Å². The predicted octanol–water partition coefficient (Wildman–Crippen LogP) is 4.89. The first-order chi connectivity index (χ1) is 11.0. The Labute approximate surface area is 140 Å². The molecule has 1 fully saturated rings. The molecular weight excluding hydrogens is 292 g/mol. The summed E-state index contributed by atoms with van der Waals surface area (Å²) in [6.45, 7) is 7.13. The SMILES string of the molecule is C=CC(=O)O.CCCCCC(=C(C)C(=O)OC)C1CCCCC1. The molecule has 0 spiro atoms. The molecule has 1 rings (SSSR count). The van der Waals surface area contributed by atoms with E-state index in [1.807, 2.05) is 6.92 Å². The number of ether oxygens (including phenoxy) is 1. The van der Waals surface area contributed by atoms with Gasteiger partial charge in [0.15, 0.2) is 0 Å². The van der Waals surface area contributed by atoms with E-state index in [0.717, 1.165) is 18.1 Å². The average Bonchev–Trinajstić information content (AvgIpc) is 2.58. The Morgan fingerprint density at radius 2 is 1.78 bits per heavy atom. The number of hydrogen-bond acceptors (Lipinski definition) is 3. The van der Waals surface area contributed by atoms with Crippen LogP contribution in [0.1, 0.15) is 71.6 Å². The molecule has 1 aliphatic rings. The standard InChI is InChI=1S/C16H28O2.C3H4O2/c1-4-5-7-12-15(13(2)16(17)18-3)14-10-8-6-9-11-14;1-2-3(4)5/h14H,4-12H2,1-3H3;2H,1H2,(H,4,5). The van der Waals surface area contributed by atoms with Gasteiger partial charge in [0.05, 0.1) is 7.11 Å². The molecule has 1 aliphatic carbocycles. The summed E-state index contributed by atoms with van der Waals surface area (Å²) in [4.78, 5) is 21.0. The van der Waals surface area contributed by atoms with Gasteiger partial charge in [0.2, 0.25) is 0 Å². The summed E-state index contributed by atoms with van der Waals surface area (Å²) in [5, 5.41) is 7.60. The molecule has 0 amide bonds. The molecule has 0 bridgehead atoms. The monoisotopic (exact) mass is 324 g/mol. The minimum Gasteiger partial charge on any atom is -0.478 e. The smallest absolute Gasteiger partial charge is 0.333 e. The third-order valence-electron chi connectivity index (χ3n) is 4.30. The zero-order valence-corrected chi connectivity index (χ0v) is 14.9. The molecule has 0 atom stereocenters. The fourth-order valence-electron chi connectivity index (χ4n) is 3.00. The number of rotatable bonds is 7. The van der Waals surface area contributed by atoms with Gasteiger partial charge in [0, 0.05) is 11.6 Å². The minimum atomic E-state index is -0.981. The minimum absolute atomic E-state index is 0.132. The molecule has 132 valence electrons. The second kappa shape index (κ2) is 12.9. The molecule has 1 N–H and O–H groups in total. The van der Waals surface area contributed by atoms with E-state index < -0.39 is 5.97 Å². The number of esters is 1. The van der Waals surface area contributed by atoms with Crippen molar-refractivity contribution < 1.29 is 19.4 Å². The number of allylic oxidation sites excluding steroid dienone is 1. The number of carboxylic acid groups (broad SMARTS) is 1. The van der Waals surface area contributed by atoms with E-state index in [4.69, 9.17) is 9.84 Å². The third-order valence-corrected chi connectivity index (χ3v) is 4.30. The lowest BCUT2D eigenvalue weighted by Gasteiger charge is -2.26. The highest BCUT2D eigenvalue weighted by Crippen LogP contribution is 2.34. The highest BCUT2D eigenvalue weighted by Gasteiger charge is 2.22. The summed E-state index contributed by atoms with van der Waals surface area (Å²) in [5.74, 6) is -0.480. The third kappa shape index (κ3) is 9.22. The van der Waals surface area contributed by atoms with Crippen LogP contribution in [-0.2, 0) is 14.3 Å². The lowest BCUT2D eigenvalue weighted by Crippen LogP contribution is -2.15. The van der Waals surface area contributed by atoms with E-state index in [1.165, 1.54) is 64.0 Å². The quantitative estimate of drug-likeness (QED) is 0.411. The summed E-state index contributed by atoms with van der Waals surface area (Å²) in [6, 6.07) is 0. The van der Waals surface area contributed by atoms with Gasteiger partial charge < -0.3 is 9.84 Å². The number of carbonyl (C=O) groups is 2. The second-order valence-corrected chi connectivity index (χ2v) is 5.98. The largest absolute Gasteiger partial charge is 0.478 e. The Morgan fingerprint density at radius 3 is 2.22 bits per heavy atom. The van der Waals surface area contributed by atoms with Crippen molar-refractivity contribution in [3.05, 3.63) is 23.8 Å². The maximum absolute atomic E-state index is 11.7. The van der Waals surface area contributed by atoms with Crippen molar-refractivity contribution in [3.63, 3.8) is 0 Å². The van der Waals surface area contributed by atoms with E-state index in [-0.39, 0.29) is 5.97 Å². The van der Waals surface area contributed by atoms with Crippen molar-refractivity contribution >= 4 is 11.9 Å². The lowest BCUT2D eigenvalue weighted by atomic mass is 9.80. The Hall–Kier alpha value is -1.58. The number of methoxy groups -OCH3 is 1. The highest BCUT2D eigenvalue weighted by atomic mass is 16.5. The molecule has 0 radical (unpaired) electrons. The van der Waals surface area contributed by atoms with Crippen molar-refractivity contribution in [2.75, 3.05) is 7.11 Å². The van der Waals surface area contributed by atoms with E-state index in [1.54, 1.807) is 0 Å². The number of unbranched alkanes of at least 4 members (excludes halogenated alkanes) is 2. The second-order valence-electron chi connectivity index (χ2n) is 5.98. The Morgan fingerprint density at radius 1 is 1.22 bits per heavy atom. The van der Waals surface area contributed by atoms with Gasteiger partial charge >= 0.3 is 11.9 Å². The summed E-state index contributed by atoms with van der Waals surface area (Å²) in [5.41, 5.74) is 2.26. The molecule has 0 aromatic heterocycles. The van der Waals surface area contributed by atoms with Gasteiger partial charge in [0.1, 0.15) is 0 Å². The van der Waals surface area contributed by atoms with Crippen LogP contribution in [0.5, 0.6) is 0 Å². The summed E-state index contributed by atoms with van der Waals surface area (Å²) in [7, 11) is 1.48. The molecule has 0 saturated heterocycles. The van der Waals surface area contributed by atoms with Crippen LogP contribution < -0.4 is 0 Å². The number of aliphatic carboxylic acids is 1. The van der Waals surface area contributed by atoms with Crippen LogP contribution in [0.3, 0.4) is 0 Å². The molecular formula is C19H32O4. The average molecular weight is 324 g/mol. The Kier molecular flexibility index (Phi) is 12.0. The fraction of sp³-hybridized carbons (Fsp3) is 0.684. The van der Waals surface area contributed by atoms with Gasteiger partial charge in [-0.2, -0.15) is 0 Å². The fourth-order valence-corrected chi connectivity index (χ4v) is 3.00. The van der Waals surface area contributed by atoms with Gasteiger partial charge in [-0.15, -0.1) is 0 Å². The van der Waals surface area contributed by atoms with Crippen LogP contribution in [0.25, 0.3) is 0 Å². The number of carboxylic acids is 1. The maximum Gasteiger partial charge on any atom is 0.333 e. The van der Waals surface area contributed by atoms with Gasteiger partial charge in [0.25, 0.3) is 0 Å². The van der Waals surface area contributed by atoms with Crippen LogP contribution in [-0.4, -0.2) is 24.2 Å². The molecule has 0 aromatic rings. The number of hydrogen-bond donors (Lipinski definition) is 1. The van der Waals surface area contributed by atoms with Crippen molar-refractivity contribution in [1.82, 2.24) is 0 Å². The zero-order chi connectivity index (χ0) is 17.7. The van der Waals surface area contributed by atoms with Gasteiger partial charge in [-0.25, -0.2) is 9.59 Å². The normalized spacial score (nSPS) is 15.8. The molecule has 0 heterocycles. The Balaban J connectivity index is 0.000000841. The molecule has 0 unspecified atom stereocenters. The molecule has 1 saturated carbocycles. The maximum atomic E-state index is 11.7. The summed E-state index contributed by atoms with van der Waals surface area (Å²) < 4.78 is 4.89. The molecule has 4 heteroatoms. The topological polar surface area (TPSA) is 63.6 Å². The van der Waals surface area contributed by atoms with E-state index >= 15 is 0 Å². The van der Waals surface area contributed by atoms with Crippen LogP contribution in [0.2, 0.25) is 0 Å². The van der Waals surface area contributed by atoms with Crippen molar-refractivity contribution in [2.24, 2.45) is 5.92 Å². The first kappa shape index (κ1) is 21.4. The van der Waals surface area contributed by atoms with Crippen LogP contribution in [0, 0.1) is 5.92 Å². The van der Waals surface area contributed by atoms with Crippen LogP contribution in [0.4, 0.5) is 0 Å². The zero-order valence-electron chi connectivity index (χ0n) is 14.9. The first-order valence-electron chi connectivity index (χ1n) is 8.61. The van der Waals surface area contributed by atoms with Crippen LogP contribution >= 0.6 is 0 Å². The first-order valence-corrected chi connectivity index (χ1v) is 8.61. The molecule has 0 aromatic carbocycles. The van der Waals surface area contributed by atoms with Crippen molar-refractivity contribution in [1.29, 1.82) is 0 Å². The summed E-state index contributed by atoms with van der Waals surface area (Å²) in [6.07, 6.45) is 12.1. The lowest BCUT2D eigenvalue weighted by molar-refractivity contribution is -0.136. The van der Waals surface area contributed by atoms with Crippen molar-refractivity contribution in [2.45, 2.75) is 71.6 Å². The van der Waals surface area contributed by atoms with Gasteiger partial charge in [-0.1, -0.05) is 51.2 Å². The highest BCUT2D eigenvalue weighted by molar-refractivity contribution is 5.88. The number of carbonyl (C=O) groups excluding carboxylic acids is 1. The van der Waals surface area contributed by atoms with Gasteiger partial charge in [-0.05, 0) is 38.5 Å². The van der Waals surface area contributed by atoms with E-state index in [0.29, 0.717) is 5.92 Å². The van der Waals surface area contributed by atoms with E-state index in [9.17, 15) is 9.59 Å². The molecule has 4 nitrogen and oxygen atoms in total. The molecule has 0 aliphatic heterocycles. The summed E-state index contributed by atoms with van der Waals surface area (Å²) >= 11 is 0. The van der Waals surface area contributed by atoms with Crippen molar-refractivity contribution in [3.8, 4) is 0 Å². The predicted molar refractivity (Wildman–Crippen MR) is 93.3 cm³/mol. The van der Waals surface area contributed by atoms with Crippen LogP contribution in [0.15, 0.2) is 23.8 Å². The Bertz CT molecular complexity index is 404. The van der Waals surface area contributed by atoms with E-state index in [2.05, 4.69) is 13.5 Å².